The number of nitrogens with zero attached hydrogens (tertiary/aromatic N) is 2. The lowest BCUT2D eigenvalue weighted by atomic mass is 9.91. The van der Waals surface area contributed by atoms with Crippen molar-refractivity contribution in [2.45, 2.75) is 38.1 Å². The smallest absolute Gasteiger partial charge is 0.223 e. The quantitative estimate of drug-likeness (QED) is 0.599. The van der Waals surface area contributed by atoms with Gasteiger partial charge in [-0.05, 0) is 12.8 Å². The lowest BCUT2D eigenvalue weighted by molar-refractivity contribution is -0.130. The van der Waals surface area contributed by atoms with E-state index in [9.17, 15) is 4.79 Å². The van der Waals surface area contributed by atoms with Gasteiger partial charge in [0.25, 0.3) is 0 Å². The fourth-order valence-electron chi connectivity index (χ4n) is 2.19. The van der Waals surface area contributed by atoms with Crippen molar-refractivity contribution in [3.63, 3.8) is 0 Å². The van der Waals surface area contributed by atoms with Crippen molar-refractivity contribution in [1.29, 1.82) is 0 Å². The normalized spacial score (nSPS) is 15.3. The molecular formula is C13H25N3O2S. The minimum absolute atomic E-state index is 0.110. The molecule has 0 atom stereocenters. The van der Waals surface area contributed by atoms with Crippen LogP contribution >= 0.6 is 12.2 Å². The first-order chi connectivity index (χ1) is 9.04. The number of carbonyl (C=O) groups excluding carboxylic acids is 1. The van der Waals surface area contributed by atoms with Crippen molar-refractivity contribution in [3.8, 4) is 0 Å². The molecule has 0 aromatic rings. The van der Waals surface area contributed by atoms with Crippen LogP contribution in [0.5, 0.6) is 0 Å². The van der Waals surface area contributed by atoms with E-state index >= 15 is 0 Å². The number of nitrogens with two attached hydrogens (primary N) is 1. The number of hydrogen-bond acceptors (Lipinski definition) is 4. The number of aliphatic hydroxyl groups excluding tert-OH is 1. The molecule has 1 aliphatic carbocycles. The monoisotopic (exact) mass is 287 g/mol. The van der Waals surface area contributed by atoms with E-state index < -0.39 is 0 Å². The Labute approximate surface area is 120 Å². The van der Waals surface area contributed by atoms with Crippen molar-refractivity contribution >= 4 is 23.1 Å². The lowest BCUT2D eigenvalue weighted by Crippen LogP contribution is -2.43. The predicted molar refractivity (Wildman–Crippen MR) is 80.0 cm³/mol. The molecule has 5 nitrogen and oxygen atoms in total. The largest absolute Gasteiger partial charge is 0.395 e. The SMILES string of the molecule is CN(CCC(N)=S)C(=O)CCN(CCO)C1CCC1. The Kier molecular flexibility index (Phi) is 7.27. The summed E-state index contributed by atoms with van der Waals surface area (Å²) in [5.41, 5.74) is 5.43. The minimum atomic E-state index is 0.110. The van der Waals surface area contributed by atoms with Crippen LogP contribution in [0.25, 0.3) is 0 Å². The fraction of sp³-hybridized carbons (Fsp3) is 0.846. The highest BCUT2D eigenvalue weighted by Gasteiger charge is 2.24. The van der Waals surface area contributed by atoms with E-state index in [4.69, 9.17) is 23.1 Å². The summed E-state index contributed by atoms with van der Waals surface area (Å²) >= 11 is 4.80. The third-order valence-corrected chi connectivity index (χ3v) is 3.91. The molecule has 0 bridgehead atoms. The molecule has 1 fully saturated rings. The zero-order valence-corrected chi connectivity index (χ0v) is 12.5. The van der Waals surface area contributed by atoms with Crippen LogP contribution in [0.2, 0.25) is 0 Å². The Bertz CT molecular complexity index is 308. The first-order valence-electron chi connectivity index (χ1n) is 6.91. The number of rotatable bonds is 9. The summed E-state index contributed by atoms with van der Waals surface area (Å²) in [6.45, 7) is 2.12. The second-order valence-corrected chi connectivity index (χ2v) is 5.65. The molecule has 0 spiro atoms. The van der Waals surface area contributed by atoms with Gasteiger partial charge in [0.1, 0.15) is 0 Å². The molecule has 1 rings (SSSR count). The molecule has 19 heavy (non-hydrogen) atoms. The molecule has 6 heteroatoms. The van der Waals surface area contributed by atoms with Gasteiger partial charge in [-0.1, -0.05) is 18.6 Å². The number of hydrogen-bond donors (Lipinski definition) is 2. The van der Waals surface area contributed by atoms with Crippen molar-refractivity contribution in [3.05, 3.63) is 0 Å². The molecule has 0 heterocycles. The van der Waals surface area contributed by atoms with Gasteiger partial charge in [0.05, 0.1) is 11.6 Å². The van der Waals surface area contributed by atoms with Gasteiger partial charge in [-0.2, -0.15) is 0 Å². The summed E-state index contributed by atoms with van der Waals surface area (Å²) in [6.07, 6.45) is 4.69. The second kappa shape index (κ2) is 8.45. The maximum absolute atomic E-state index is 11.9. The van der Waals surface area contributed by atoms with Gasteiger partial charge in [0, 0.05) is 45.6 Å². The number of aliphatic hydroxyl groups is 1. The molecule has 0 aromatic carbocycles. The van der Waals surface area contributed by atoms with Crippen LogP contribution in [-0.4, -0.2) is 65.1 Å². The first kappa shape index (κ1) is 16.3. The minimum Gasteiger partial charge on any atom is -0.395 e. The standard InChI is InChI=1S/C13H25N3O2S/c1-15(7-5-12(14)19)13(18)6-8-16(9-10-17)11-3-2-4-11/h11,17H,2-10H2,1H3,(H2,14,19). The molecule has 3 N–H and O–H groups in total. The maximum atomic E-state index is 11.9. The van der Waals surface area contributed by atoms with E-state index in [1.807, 2.05) is 0 Å². The fourth-order valence-corrected chi connectivity index (χ4v) is 2.28. The zero-order chi connectivity index (χ0) is 14.3. The van der Waals surface area contributed by atoms with Crippen LogP contribution in [-0.2, 0) is 4.79 Å². The molecule has 1 aliphatic rings. The summed E-state index contributed by atoms with van der Waals surface area (Å²) < 4.78 is 0. The van der Waals surface area contributed by atoms with E-state index in [0.717, 1.165) is 6.54 Å². The Morgan fingerprint density at radius 2 is 2.00 bits per heavy atom. The summed E-state index contributed by atoms with van der Waals surface area (Å²) in [7, 11) is 1.78. The van der Waals surface area contributed by atoms with E-state index in [1.54, 1.807) is 11.9 Å². The van der Waals surface area contributed by atoms with Gasteiger partial charge in [-0.25, -0.2) is 0 Å². The highest BCUT2D eigenvalue weighted by Crippen LogP contribution is 2.24. The van der Waals surface area contributed by atoms with Gasteiger partial charge < -0.3 is 15.7 Å². The van der Waals surface area contributed by atoms with Gasteiger partial charge in [0.2, 0.25) is 5.91 Å². The van der Waals surface area contributed by atoms with Crippen LogP contribution in [0.3, 0.4) is 0 Å². The highest BCUT2D eigenvalue weighted by molar-refractivity contribution is 7.80. The first-order valence-corrected chi connectivity index (χ1v) is 7.32. The highest BCUT2D eigenvalue weighted by atomic mass is 32.1. The van der Waals surface area contributed by atoms with Crippen molar-refractivity contribution in [2.24, 2.45) is 5.73 Å². The van der Waals surface area contributed by atoms with Crippen LogP contribution in [0.1, 0.15) is 32.1 Å². The molecular weight excluding hydrogens is 262 g/mol. The predicted octanol–water partition coefficient (Wildman–Crippen LogP) is 0.358. The van der Waals surface area contributed by atoms with E-state index in [1.165, 1.54) is 19.3 Å². The van der Waals surface area contributed by atoms with E-state index in [0.29, 0.717) is 37.0 Å². The average Bonchev–Trinajstić information content (AvgIpc) is 2.30. The Morgan fingerprint density at radius 3 is 2.47 bits per heavy atom. The van der Waals surface area contributed by atoms with E-state index in [2.05, 4.69) is 4.90 Å². The van der Waals surface area contributed by atoms with Gasteiger partial charge in [0.15, 0.2) is 0 Å². The molecule has 0 aromatic heterocycles. The number of carbonyl (C=O) groups is 1. The topological polar surface area (TPSA) is 69.8 Å². The lowest BCUT2D eigenvalue weighted by Gasteiger charge is -2.37. The van der Waals surface area contributed by atoms with Crippen molar-refractivity contribution in [2.75, 3.05) is 33.3 Å². The van der Waals surface area contributed by atoms with Crippen LogP contribution < -0.4 is 5.73 Å². The third-order valence-electron chi connectivity index (χ3n) is 3.71. The Morgan fingerprint density at radius 1 is 1.32 bits per heavy atom. The Hall–Kier alpha value is -0.720. The summed E-state index contributed by atoms with van der Waals surface area (Å²) in [5, 5.41) is 9.06. The molecule has 1 saturated carbocycles. The average molecular weight is 287 g/mol. The number of amides is 1. The maximum Gasteiger partial charge on any atom is 0.223 e. The van der Waals surface area contributed by atoms with Crippen molar-refractivity contribution < 1.29 is 9.90 Å². The second-order valence-electron chi connectivity index (χ2n) is 5.13. The molecule has 0 unspecified atom stereocenters. The molecule has 110 valence electrons. The Balaban J connectivity index is 2.27. The number of thiocarbonyl (C=S) groups is 1. The summed E-state index contributed by atoms with van der Waals surface area (Å²) in [4.78, 5) is 16.3. The summed E-state index contributed by atoms with van der Waals surface area (Å²) in [6, 6.07) is 0.557. The molecule has 1 amide bonds. The van der Waals surface area contributed by atoms with Gasteiger partial charge in [-0.15, -0.1) is 0 Å². The van der Waals surface area contributed by atoms with Gasteiger partial charge >= 0.3 is 0 Å². The van der Waals surface area contributed by atoms with Crippen LogP contribution in [0, 0.1) is 0 Å². The van der Waals surface area contributed by atoms with Crippen LogP contribution in [0.4, 0.5) is 0 Å². The van der Waals surface area contributed by atoms with E-state index in [-0.39, 0.29) is 12.5 Å². The molecule has 0 saturated heterocycles. The third kappa shape index (κ3) is 5.84. The van der Waals surface area contributed by atoms with Crippen LogP contribution in [0.15, 0.2) is 0 Å². The zero-order valence-electron chi connectivity index (χ0n) is 11.7. The molecule has 0 aliphatic heterocycles. The van der Waals surface area contributed by atoms with Gasteiger partial charge in [-0.3, -0.25) is 9.69 Å². The molecule has 0 radical (unpaired) electrons. The van der Waals surface area contributed by atoms with Crippen molar-refractivity contribution in [1.82, 2.24) is 9.80 Å². The summed E-state index contributed by atoms with van der Waals surface area (Å²) in [5.74, 6) is 0.110.